The third kappa shape index (κ3) is 3.16. The number of hydrogen-bond acceptors (Lipinski definition) is 5. The Bertz CT molecular complexity index is 713. The van der Waals surface area contributed by atoms with Crippen molar-refractivity contribution < 1.29 is 4.79 Å². The zero-order chi connectivity index (χ0) is 15.4. The lowest BCUT2D eigenvalue weighted by Gasteiger charge is -2.17. The second-order valence-electron chi connectivity index (χ2n) is 5.56. The van der Waals surface area contributed by atoms with Crippen LogP contribution in [0.5, 0.6) is 0 Å². The SMILES string of the molecule is CCc1nnsc1C(=O)n1ccccc1=NC1CCCCC1. The topological polar surface area (TPSA) is 60.1 Å². The van der Waals surface area contributed by atoms with Gasteiger partial charge in [-0.2, -0.15) is 0 Å². The molecule has 1 aliphatic rings. The lowest BCUT2D eigenvalue weighted by molar-refractivity contribution is 0.0957. The van der Waals surface area contributed by atoms with E-state index < -0.39 is 0 Å². The van der Waals surface area contributed by atoms with Crippen LogP contribution in [-0.2, 0) is 6.42 Å². The zero-order valence-electron chi connectivity index (χ0n) is 12.7. The Morgan fingerprint density at radius 1 is 1.36 bits per heavy atom. The van der Waals surface area contributed by atoms with Gasteiger partial charge in [-0.15, -0.1) is 5.10 Å². The molecule has 22 heavy (non-hydrogen) atoms. The second kappa shape index (κ2) is 6.96. The number of carbonyl (C=O) groups is 1. The summed E-state index contributed by atoms with van der Waals surface area (Å²) in [4.78, 5) is 18.2. The predicted octanol–water partition coefficient (Wildman–Crippen LogP) is 2.82. The van der Waals surface area contributed by atoms with E-state index in [1.54, 1.807) is 10.8 Å². The highest BCUT2D eigenvalue weighted by molar-refractivity contribution is 7.08. The molecule has 116 valence electrons. The number of pyridine rings is 1. The number of carbonyl (C=O) groups excluding carboxylic acids is 1. The summed E-state index contributed by atoms with van der Waals surface area (Å²) in [7, 11) is 0. The molecule has 2 heterocycles. The Balaban J connectivity index is 1.97. The van der Waals surface area contributed by atoms with Crippen molar-refractivity contribution in [1.82, 2.24) is 14.2 Å². The standard InChI is InChI=1S/C16H20N4OS/c1-2-13-15(22-19-18-13)16(21)20-11-7-6-10-14(20)17-12-8-4-3-5-9-12/h6-7,10-12H,2-5,8-9H2,1H3. The van der Waals surface area contributed by atoms with Crippen LogP contribution in [0.3, 0.4) is 0 Å². The molecule has 0 N–H and O–H groups in total. The first-order chi connectivity index (χ1) is 10.8. The minimum atomic E-state index is -0.0815. The molecule has 6 heteroatoms. The van der Waals surface area contributed by atoms with Crippen molar-refractivity contribution in [2.24, 2.45) is 4.99 Å². The molecule has 1 saturated carbocycles. The summed E-state index contributed by atoms with van der Waals surface area (Å²) in [5, 5.41) is 4.03. The summed E-state index contributed by atoms with van der Waals surface area (Å²) >= 11 is 1.16. The first-order valence-electron chi connectivity index (χ1n) is 7.87. The van der Waals surface area contributed by atoms with E-state index in [9.17, 15) is 4.79 Å². The van der Waals surface area contributed by atoms with Crippen LogP contribution in [-0.4, -0.2) is 26.1 Å². The average Bonchev–Trinajstić information content (AvgIpc) is 3.04. The van der Waals surface area contributed by atoms with Gasteiger partial charge in [-0.25, -0.2) is 0 Å². The highest BCUT2D eigenvalue weighted by Crippen LogP contribution is 2.19. The van der Waals surface area contributed by atoms with Crippen molar-refractivity contribution in [1.29, 1.82) is 0 Å². The van der Waals surface area contributed by atoms with E-state index in [0.29, 0.717) is 17.3 Å². The van der Waals surface area contributed by atoms with Crippen molar-refractivity contribution in [3.63, 3.8) is 0 Å². The molecule has 0 spiro atoms. The van der Waals surface area contributed by atoms with Crippen molar-refractivity contribution >= 4 is 17.4 Å². The summed E-state index contributed by atoms with van der Waals surface area (Å²) in [5.74, 6) is -0.0815. The number of hydrogen-bond donors (Lipinski definition) is 0. The molecule has 5 nitrogen and oxygen atoms in total. The average molecular weight is 316 g/mol. The van der Waals surface area contributed by atoms with Gasteiger partial charge in [0.2, 0.25) is 0 Å². The largest absolute Gasteiger partial charge is 0.277 e. The molecule has 0 amide bonds. The third-order valence-corrected chi connectivity index (χ3v) is 4.79. The molecule has 3 rings (SSSR count). The number of nitrogens with zero attached hydrogens (tertiary/aromatic N) is 4. The van der Waals surface area contributed by atoms with Crippen LogP contribution in [0.15, 0.2) is 29.4 Å². The molecule has 0 radical (unpaired) electrons. The third-order valence-electron chi connectivity index (χ3n) is 4.03. The van der Waals surface area contributed by atoms with E-state index in [2.05, 4.69) is 9.59 Å². The van der Waals surface area contributed by atoms with Crippen LogP contribution in [0.4, 0.5) is 0 Å². The Kier molecular flexibility index (Phi) is 4.77. The van der Waals surface area contributed by atoms with Gasteiger partial charge in [0, 0.05) is 6.20 Å². The van der Waals surface area contributed by atoms with Crippen molar-refractivity contribution in [3.8, 4) is 0 Å². The van der Waals surface area contributed by atoms with Gasteiger partial charge in [-0.1, -0.05) is 36.7 Å². The van der Waals surface area contributed by atoms with Gasteiger partial charge < -0.3 is 0 Å². The summed E-state index contributed by atoms with van der Waals surface area (Å²) in [6.07, 6.45) is 8.48. The maximum atomic E-state index is 12.8. The van der Waals surface area contributed by atoms with Crippen LogP contribution < -0.4 is 5.49 Å². The lowest BCUT2D eigenvalue weighted by atomic mass is 9.96. The Morgan fingerprint density at radius 3 is 2.95 bits per heavy atom. The Morgan fingerprint density at radius 2 is 2.18 bits per heavy atom. The fourth-order valence-electron chi connectivity index (χ4n) is 2.82. The van der Waals surface area contributed by atoms with Gasteiger partial charge in [0.05, 0.1) is 11.7 Å². The molecule has 0 unspecified atom stereocenters. The Hall–Kier alpha value is -1.82. The predicted molar refractivity (Wildman–Crippen MR) is 85.9 cm³/mol. The highest BCUT2D eigenvalue weighted by Gasteiger charge is 2.18. The molecular formula is C16H20N4OS. The van der Waals surface area contributed by atoms with Crippen molar-refractivity contribution in [2.75, 3.05) is 0 Å². The maximum Gasteiger partial charge on any atom is 0.277 e. The summed E-state index contributed by atoms with van der Waals surface area (Å²) < 4.78 is 5.54. The van der Waals surface area contributed by atoms with Crippen LogP contribution >= 0.6 is 11.5 Å². The molecule has 2 aromatic rings. The van der Waals surface area contributed by atoms with E-state index in [4.69, 9.17) is 4.99 Å². The molecule has 0 bridgehead atoms. The normalized spacial score (nSPS) is 16.9. The van der Waals surface area contributed by atoms with Gasteiger partial charge >= 0.3 is 0 Å². The Labute approximate surface area is 133 Å². The molecule has 0 atom stereocenters. The van der Waals surface area contributed by atoms with Gasteiger partial charge in [-0.05, 0) is 42.9 Å². The highest BCUT2D eigenvalue weighted by atomic mass is 32.1. The van der Waals surface area contributed by atoms with E-state index >= 15 is 0 Å². The summed E-state index contributed by atoms with van der Waals surface area (Å²) in [6, 6.07) is 6.03. The lowest BCUT2D eigenvalue weighted by Crippen LogP contribution is -2.29. The van der Waals surface area contributed by atoms with Crippen LogP contribution in [0, 0.1) is 0 Å². The number of aryl methyl sites for hydroxylation is 1. The maximum absolute atomic E-state index is 12.8. The quantitative estimate of drug-likeness (QED) is 0.875. The number of aromatic nitrogens is 3. The van der Waals surface area contributed by atoms with Crippen LogP contribution in [0.1, 0.15) is 54.4 Å². The van der Waals surface area contributed by atoms with Crippen molar-refractivity contribution in [3.05, 3.63) is 40.5 Å². The van der Waals surface area contributed by atoms with Crippen LogP contribution in [0.25, 0.3) is 0 Å². The molecular weight excluding hydrogens is 296 g/mol. The smallest absolute Gasteiger partial charge is 0.267 e. The number of rotatable bonds is 3. The van der Waals surface area contributed by atoms with Gasteiger partial charge in [0.15, 0.2) is 0 Å². The molecule has 1 fully saturated rings. The second-order valence-corrected chi connectivity index (χ2v) is 6.31. The van der Waals surface area contributed by atoms with Gasteiger partial charge in [0.1, 0.15) is 10.4 Å². The zero-order valence-corrected chi connectivity index (χ0v) is 13.6. The monoisotopic (exact) mass is 316 g/mol. The van der Waals surface area contributed by atoms with E-state index in [-0.39, 0.29) is 5.91 Å². The summed E-state index contributed by atoms with van der Waals surface area (Å²) in [5.41, 5.74) is 1.49. The van der Waals surface area contributed by atoms with E-state index in [1.807, 2.05) is 25.1 Å². The molecule has 2 aromatic heterocycles. The molecule has 0 saturated heterocycles. The fraction of sp³-hybridized carbons (Fsp3) is 0.500. The minimum absolute atomic E-state index is 0.0815. The van der Waals surface area contributed by atoms with Crippen molar-refractivity contribution in [2.45, 2.75) is 51.5 Å². The fourth-order valence-corrected chi connectivity index (χ4v) is 3.51. The first kappa shape index (κ1) is 15.1. The molecule has 0 aromatic carbocycles. The van der Waals surface area contributed by atoms with Gasteiger partial charge in [0.25, 0.3) is 5.91 Å². The summed E-state index contributed by atoms with van der Waals surface area (Å²) in [6.45, 7) is 1.98. The van der Waals surface area contributed by atoms with Gasteiger partial charge in [-0.3, -0.25) is 14.4 Å². The van der Waals surface area contributed by atoms with Crippen LogP contribution in [0.2, 0.25) is 0 Å². The minimum Gasteiger partial charge on any atom is -0.267 e. The molecule has 0 aliphatic heterocycles. The first-order valence-corrected chi connectivity index (χ1v) is 8.64. The van der Waals surface area contributed by atoms with E-state index in [0.717, 1.165) is 35.6 Å². The van der Waals surface area contributed by atoms with E-state index in [1.165, 1.54) is 19.3 Å². The molecule has 1 aliphatic carbocycles.